The monoisotopic (exact) mass is 392 g/mol. The van der Waals surface area contributed by atoms with Gasteiger partial charge in [0.2, 0.25) is 5.78 Å². The van der Waals surface area contributed by atoms with Gasteiger partial charge in [-0.25, -0.2) is 4.57 Å². The molecule has 0 radical (unpaired) electrons. The minimum absolute atomic E-state index is 0.0638. The smallest absolute Gasteiger partial charge is 0.267 e. The number of thioether (sulfide) groups is 1. The lowest BCUT2D eigenvalue weighted by molar-refractivity contribution is -0.116. The lowest BCUT2D eigenvalue weighted by Gasteiger charge is -2.14. The summed E-state index contributed by atoms with van der Waals surface area (Å²) >= 11 is 1.34. The molecule has 1 unspecified atom stereocenters. The van der Waals surface area contributed by atoms with Gasteiger partial charge in [-0.2, -0.15) is 0 Å². The van der Waals surface area contributed by atoms with Crippen LogP contribution >= 0.6 is 11.8 Å². The summed E-state index contributed by atoms with van der Waals surface area (Å²) in [6, 6.07) is 13.4. The number of benzene rings is 2. The summed E-state index contributed by atoms with van der Waals surface area (Å²) in [6.07, 6.45) is 0. The maximum Gasteiger partial charge on any atom is 0.267 e. The second-order valence-corrected chi connectivity index (χ2v) is 8.24. The molecule has 0 fully saturated rings. The van der Waals surface area contributed by atoms with Gasteiger partial charge in [0, 0.05) is 0 Å². The molecule has 0 spiro atoms. The Morgan fingerprint density at radius 2 is 1.86 bits per heavy atom. The molecule has 4 aromatic rings. The third-order valence-corrected chi connectivity index (χ3v) is 6.02. The molecule has 2 heterocycles. The van der Waals surface area contributed by atoms with Gasteiger partial charge < -0.3 is 0 Å². The summed E-state index contributed by atoms with van der Waals surface area (Å²) < 4.78 is 3.47. The van der Waals surface area contributed by atoms with Crippen LogP contribution in [0.15, 0.2) is 52.4 Å². The molecular formula is C21H20N4O2S. The van der Waals surface area contributed by atoms with Crippen molar-refractivity contribution < 1.29 is 4.79 Å². The van der Waals surface area contributed by atoms with E-state index in [4.69, 9.17) is 0 Å². The van der Waals surface area contributed by atoms with E-state index in [-0.39, 0.29) is 16.6 Å². The van der Waals surface area contributed by atoms with Crippen LogP contribution in [0, 0.1) is 13.8 Å². The predicted octanol–water partition coefficient (Wildman–Crippen LogP) is 3.72. The van der Waals surface area contributed by atoms with Crippen LogP contribution in [0.4, 0.5) is 0 Å². The number of hydrogen-bond donors (Lipinski definition) is 0. The zero-order chi connectivity index (χ0) is 20.0. The minimum Gasteiger partial charge on any atom is -0.299 e. The zero-order valence-corrected chi connectivity index (χ0v) is 16.9. The molecule has 2 aromatic heterocycles. The van der Waals surface area contributed by atoms with Gasteiger partial charge in [0.15, 0.2) is 5.16 Å². The van der Waals surface area contributed by atoms with Crippen molar-refractivity contribution in [2.75, 3.05) is 0 Å². The quantitative estimate of drug-likeness (QED) is 0.495. The first kappa shape index (κ1) is 18.4. The minimum atomic E-state index is -0.257. The second kappa shape index (κ2) is 6.91. The van der Waals surface area contributed by atoms with Gasteiger partial charge in [-0.3, -0.25) is 14.0 Å². The van der Waals surface area contributed by atoms with Crippen molar-refractivity contribution in [1.29, 1.82) is 0 Å². The highest BCUT2D eigenvalue weighted by molar-refractivity contribution is 8.00. The third kappa shape index (κ3) is 2.92. The molecule has 28 heavy (non-hydrogen) atoms. The fourth-order valence-electron chi connectivity index (χ4n) is 3.17. The Morgan fingerprint density at radius 1 is 1.11 bits per heavy atom. The molecule has 1 atom stereocenters. The van der Waals surface area contributed by atoms with Crippen LogP contribution in [0.1, 0.15) is 25.0 Å². The molecule has 0 aliphatic rings. The number of carbonyl (C=O) groups is 1. The van der Waals surface area contributed by atoms with Crippen molar-refractivity contribution in [1.82, 2.24) is 19.2 Å². The summed E-state index contributed by atoms with van der Waals surface area (Å²) in [4.78, 5) is 25.1. The van der Waals surface area contributed by atoms with E-state index >= 15 is 0 Å². The van der Waals surface area contributed by atoms with Crippen LogP contribution in [0.25, 0.3) is 22.4 Å². The molecule has 142 valence electrons. The van der Waals surface area contributed by atoms with Crippen LogP contribution in [0.2, 0.25) is 0 Å². The summed E-state index contributed by atoms with van der Waals surface area (Å²) in [5.41, 5.74) is 3.40. The van der Waals surface area contributed by atoms with E-state index in [1.807, 2.05) is 67.6 Å². The summed E-state index contributed by atoms with van der Waals surface area (Å²) in [7, 11) is 0. The molecular weight excluding hydrogens is 372 g/mol. The average molecular weight is 392 g/mol. The summed E-state index contributed by atoms with van der Waals surface area (Å²) in [5, 5.41) is 9.55. The number of para-hydroxylation sites is 1. The van der Waals surface area contributed by atoms with E-state index < -0.39 is 0 Å². The maximum atomic E-state index is 13.4. The average Bonchev–Trinajstić information content (AvgIpc) is 3.08. The molecule has 0 aliphatic carbocycles. The summed E-state index contributed by atoms with van der Waals surface area (Å²) in [5.74, 6) is 0.504. The van der Waals surface area contributed by atoms with Crippen LogP contribution in [-0.2, 0) is 4.79 Å². The normalized spacial score (nSPS) is 12.6. The van der Waals surface area contributed by atoms with Gasteiger partial charge in [0.05, 0.1) is 21.8 Å². The van der Waals surface area contributed by atoms with E-state index in [1.54, 1.807) is 11.5 Å². The van der Waals surface area contributed by atoms with E-state index in [9.17, 15) is 9.59 Å². The van der Waals surface area contributed by atoms with Gasteiger partial charge in [-0.15, -0.1) is 10.2 Å². The molecule has 0 N–H and O–H groups in total. The number of aryl methyl sites for hydroxylation is 2. The molecule has 0 saturated heterocycles. The van der Waals surface area contributed by atoms with Crippen LogP contribution in [0.3, 0.4) is 0 Å². The Bertz CT molecular complexity index is 1290. The highest BCUT2D eigenvalue weighted by Crippen LogP contribution is 2.27. The van der Waals surface area contributed by atoms with Gasteiger partial charge in [0.25, 0.3) is 5.56 Å². The highest BCUT2D eigenvalue weighted by atomic mass is 32.2. The number of Topliss-reactive ketones (excluding diaryl/α,β-unsaturated/α-hetero) is 1. The topological polar surface area (TPSA) is 69.3 Å². The standard InChI is InChI=1S/C21H20N4O2S/c1-12-9-10-13(2)18(11-12)24-19(27)16-7-5-6-8-17(16)25-20(24)22-23-21(25)28-15(4)14(3)26/h5-11,15H,1-4H3. The summed E-state index contributed by atoms with van der Waals surface area (Å²) in [6.45, 7) is 7.37. The van der Waals surface area contributed by atoms with E-state index in [2.05, 4.69) is 10.2 Å². The fraction of sp³-hybridized carbons (Fsp3) is 0.238. The largest absolute Gasteiger partial charge is 0.299 e. The van der Waals surface area contributed by atoms with Crippen molar-refractivity contribution in [3.05, 3.63) is 63.9 Å². The first-order chi connectivity index (χ1) is 13.4. The number of carbonyl (C=O) groups excluding carboxylic acids is 1. The molecule has 2 aromatic carbocycles. The molecule has 6 nitrogen and oxygen atoms in total. The number of aromatic nitrogens is 4. The molecule has 0 aliphatic heterocycles. The Morgan fingerprint density at radius 3 is 2.61 bits per heavy atom. The van der Waals surface area contributed by atoms with Crippen molar-refractivity contribution in [3.63, 3.8) is 0 Å². The van der Waals surface area contributed by atoms with Crippen LogP contribution in [-0.4, -0.2) is 30.2 Å². The SMILES string of the molecule is CC(=O)C(C)Sc1nnc2n(-c3cc(C)ccc3C)c(=O)c3ccccc3n12. The Hall–Kier alpha value is -2.93. The lowest BCUT2D eigenvalue weighted by Crippen LogP contribution is -2.22. The number of rotatable bonds is 4. The highest BCUT2D eigenvalue weighted by Gasteiger charge is 2.21. The molecule has 4 rings (SSSR count). The molecule has 0 saturated carbocycles. The van der Waals surface area contributed by atoms with Crippen molar-refractivity contribution in [3.8, 4) is 5.69 Å². The Kier molecular flexibility index (Phi) is 4.55. The lowest BCUT2D eigenvalue weighted by atomic mass is 10.1. The first-order valence-corrected chi connectivity index (χ1v) is 9.90. The van der Waals surface area contributed by atoms with Gasteiger partial charge >= 0.3 is 0 Å². The van der Waals surface area contributed by atoms with Crippen molar-refractivity contribution >= 4 is 34.2 Å². The van der Waals surface area contributed by atoms with Crippen LogP contribution < -0.4 is 5.56 Å². The fourth-order valence-corrected chi connectivity index (χ4v) is 4.03. The van der Waals surface area contributed by atoms with Crippen LogP contribution in [0.5, 0.6) is 0 Å². The molecule has 7 heteroatoms. The van der Waals surface area contributed by atoms with Crippen molar-refractivity contribution in [2.45, 2.75) is 38.1 Å². The van der Waals surface area contributed by atoms with Crippen molar-refractivity contribution in [2.24, 2.45) is 0 Å². The van der Waals surface area contributed by atoms with Gasteiger partial charge in [-0.1, -0.05) is 36.0 Å². The van der Waals surface area contributed by atoms with E-state index in [1.165, 1.54) is 11.8 Å². The van der Waals surface area contributed by atoms with Gasteiger partial charge in [-0.05, 0) is 57.0 Å². The Labute approximate surface area is 166 Å². The first-order valence-electron chi connectivity index (χ1n) is 9.02. The predicted molar refractivity (Wildman–Crippen MR) is 112 cm³/mol. The van der Waals surface area contributed by atoms with E-state index in [0.29, 0.717) is 16.3 Å². The third-order valence-electron chi connectivity index (χ3n) is 4.85. The second-order valence-electron chi connectivity index (χ2n) is 6.94. The maximum absolute atomic E-state index is 13.4. The molecule has 0 bridgehead atoms. The number of fused-ring (bicyclic) bond motifs is 3. The Balaban J connectivity index is 2.12. The number of nitrogens with zero attached hydrogens (tertiary/aromatic N) is 4. The number of hydrogen-bond acceptors (Lipinski definition) is 5. The molecule has 0 amide bonds. The van der Waals surface area contributed by atoms with E-state index in [0.717, 1.165) is 22.3 Å². The number of ketones is 1. The van der Waals surface area contributed by atoms with Gasteiger partial charge in [0.1, 0.15) is 5.78 Å². The zero-order valence-electron chi connectivity index (χ0n) is 16.1.